The molecule has 6 heteroatoms. The van der Waals surface area contributed by atoms with E-state index in [4.69, 9.17) is 10.2 Å². The minimum Gasteiger partial charge on any atom is -0.480 e. The number of urea groups is 1. The lowest BCUT2D eigenvalue weighted by Gasteiger charge is -2.22. The fourth-order valence-corrected chi connectivity index (χ4v) is 1.14. The van der Waals surface area contributed by atoms with Crippen molar-refractivity contribution < 1.29 is 19.8 Å². The smallest absolute Gasteiger partial charge is 0.326 e. The normalized spacial score (nSPS) is 11.9. The van der Waals surface area contributed by atoms with E-state index in [-0.39, 0.29) is 13.0 Å². The monoisotopic (exact) mass is 218 g/mol. The maximum atomic E-state index is 11.5. The van der Waals surface area contributed by atoms with Gasteiger partial charge in [0.1, 0.15) is 6.04 Å². The number of aliphatic hydroxyl groups is 1. The highest BCUT2D eigenvalue weighted by atomic mass is 16.4. The van der Waals surface area contributed by atoms with E-state index in [9.17, 15) is 9.59 Å². The second-order valence-corrected chi connectivity index (χ2v) is 3.02. The molecule has 0 aromatic rings. The fourth-order valence-electron chi connectivity index (χ4n) is 1.14. The van der Waals surface area contributed by atoms with Crippen molar-refractivity contribution in [2.75, 3.05) is 19.7 Å². The first kappa shape index (κ1) is 13.7. The first-order valence-electron chi connectivity index (χ1n) is 4.95. The Morgan fingerprint density at radius 3 is 2.20 bits per heavy atom. The summed E-state index contributed by atoms with van der Waals surface area (Å²) in [5, 5.41) is 19.7. The van der Waals surface area contributed by atoms with Crippen molar-refractivity contribution in [3.63, 3.8) is 0 Å². The second-order valence-electron chi connectivity index (χ2n) is 3.02. The Kier molecular flexibility index (Phi) is 6.44. The van der Waals surface area contributed by atoms with Gasteiger partial charge in [0.2, 0.25) is 0 Å². The molecule has 15 heavy (non-hydrogen) atoms. The van der Waals surface area contributed by atoms with Crippen LogP contribution in [0.15, 0.2) is 0 Å². The van der Waals surface area contributed by atoms with Crippen molar-refractivity contribution in [1.82, 2.24) is 10.2 Å². The Morgan fingerprint density at radius 2 is 1.87 bits per heavy atom. The van der Waals surface area contributed by atoms with Crippen LogP contribution in [0.25, 0.3) is 0 Å². The molecule has 0 saturated heterocycles. The fraction of sp³-hybridized carbons (Fsp3) is 0.778. The first-order valence-corrected chi connectivity index (χ1v) is 4.95. The molecule has 1 atom stereocenters. The van der Waals surface area contributed by atoms with Gasteiger partial charge in [0.15, 0.2) is 0 Å². The highest BCUT2D eigenvalue weighted by Gasteiger charge is 2.21. The maximum Gasteiger partial charge on any atom is 0.326 e. The van der Waals surface area contributed by atoms with E-state index in [1.807, 2.05) is 13.8 Å². The molecule has 0 radical (unpaired) electrons. The summed E-state index contributed by atoms with van der Waals surface area (Å²) in [5.74, 6) is -1.13. The minimum atomic E-state index is -1.13. The van der Waals surface area contributed by atoms with Crippen LogP contribution in [0, 0.1) is 0 Å². The number of hydrogen-bond donors (Lipinski definition) is 3. The molecule has 88 valence electrons. The topological polar surface area (TPSA) is 89.9 Å². The third-order valence-electron chi connectivity index (χ3n) is 2.06. The molecule has 0 aliphatic rings. The van der Waals surface area contributed by atoms with Gasteiger partial charge in [-0.1, -0.05) is 0 Å². The molecule has 0 fully saturated rings. The van der Waals surface area contributed by atoms with Crippen LogP contribution in [0.4, 0.5) is 4.79 Å². The standard InChI is InChI=1S/C9H18N2O4/c1-3-11(4-2)9(15)10-7(5-6-12)8(13)14/h7,12H,3-6H2,1-2H3,(H,10,15)(H,13,14)/t7-/m0/s1. The van der Waals surface area contributed by atoms with Crippen LogP contribution in [-0.2, 0) is 4.79 Å². The van der Waals surface area contributed by atoms with Crippen molar-refractivity contribution in [1.29, 1.82) is 0 Å². The van der Waals surface area contributed by atoms with E-state index in [1.54, 1.807) is 0 Å². The van der Waals surface area contributed by atoms with E-state index in [0.29, 0.717) is 13.1 Å². The highest BCUT2D eigenvalue weighted by molar-refractivity contribution is 5.82. The number of nitrogens with one attached hydrogen (secondary N) is 1. The summed E-state index contributed by atoms with van der Waals surface area (Å²) < 4.78 is 0. The Labute approximate surface area is 88.9 Å². The zero-order chi connectivity index (χ0) is 11.8. The number of carbonyl (C=O) groups is 2. The van der Waals surface area contributed by atoms with Crippen molar-refractivity contribution in [3.05, 3.63) is 0 Å². The first-order chi connectivity index (χ1) is 7.06. The molecule has 0 heterocycles. The van der Waals surface area contributed by atoms with Crippen molar-refractivity contribution >= 4 is 12.0 Å². The van der Waals surface area contributed by atoms with Gasteiger partial charge in [-0.3, -0.25) is 0 Å². The Bertz CT molecular complexity index is 216. The molecular formula is C9H18N2O4. The average molecular weight is 218 g/mol. The van der Waals surface area contributed by atoms with Gasteiger partial charge in [-0.15, -0.1) is 0 Å². The van der Waals surface area contributed by atoms with Crippen LogP contribution in [0.1, 0.15) is 20.3 Å². The molecule has 0 rings (SSSR count). The van der Waals surface area contributed by atoms with Gasteiger partial charge in [0.05, 0.1) is 0 Å². The third kappa shape index (κ3) is 4.64. The number of carbonyl (C=O) groups excluding carboxylic acids is 1. The number of aliphatic hydroxyl groups excluding tert-OH is 1. The Morgan fingerprint density at radius 1 is 1.33 bits per heavy atom. The van der Waals surface area contributed by atoms with Crippen molar-refractivity contribution in [2.45, 2.75) is 26.3 Å². The van der Waals surface area contributed by atoms with Gasteiger partial charge in [0, 0.05) is 26.1 Å². The number of carboxylic acid groups (broad SMARTS) is 1. The summed E-state index contributed by atoms with van der Waals surface area (Å²) in [5.41, 5.74) is 0. The SMILES string of the molecule is CCN(CC)C(=O)N[C@@H](CCO)C(=O)O. The van der Waals surface area contributed by atoms with E-state index >= 15 is 0 Å². The quantitative estimate of drug-likeness (QED) is 0.579. The van der Waals surface area contributed by atoms with Crippen molar-refractivity contribution in [2.24, 2.45) is 0 Å². The van der Waals surface area contributed by atoms with Crippen molar-refractivity contribution in [3.8, 4) is 0 Å². The lowest BCUT2D eigenvalue weighted by Crippen LogP contribution is -2.48. The van der Waals surface area contributed by atoms with Crippen LogP contribution in [-0.4, -0.2) is 52.9 Å². The minimum absolute atomic E-state index is 0.0162. The number of rotatable bonds is 6. The molecule has 0 bridgehead atoms. The molecule has 0 unspecified atom stereocenters. The molecule has 6 nitrogen and oxygen atoms in total. The summed E-state index contributed by atoms with van der Waals surface area (Å²) in [4.78, 5) is 23.6. The molecule has 0 spiro atoms. The van der Waals surface area contributed by atoms with Crippen LogP contribution in [0.5, 0.6) is 0 Å². The van der Waals surface area contributed by atoms with Crippen LogP contribution in [0.3, 0.4) is 0 Å². The van der Waals surface area contributed by atoms with Gasteiger partial charge < -0.3 is 20.4 Å². The van der Waals surface area contributed by atoms with Crippen LogP contribution < -0.4 is 5.32 Å². The van der Waals surface area contributed by atoms with E-state index in [0.717, 1.165) is 0 Å². The summed E-state index contributed by atoms with van der Waals surface area (Å²) in [7, 11) is 0. The van der Waals surface area contributed by atoms with E-state index in [2.05, 4.69) is 5.32 Å². The highest BCUT2D eigenvalue weighted by Crippen LogP contribution is 1.95. The molecule has 0 aromatic carbocycles. The van der Waals surface area contributed by atoms with Crippen LogP contribution in [0.2, 0.25) is 0 Å². The molecule has 2 amide bonds. The Hall–Kier alpha value is -1.30. The van der Waals surface area contributed by atoms with Gasteiger partial charge in [-0.05, 0) is 13.8 Å². The second kappa shape index (κ2) is 7.05. The lowest BCUT2D eigenvalue weighted by molar-refractivity contribution is -0.139. The molecule has 3 N–H and O–H groups in total. The summed E-state index contributed by atoms with van der Waals surface area (Å²) >= 11 is 0. The Balaban J connectivity index is 4.27. The predicted octanol–water partition coefficient (Wildman–Crippen LogP) is -0.127. The number of carboxylic acids is 1. The van der Waals surface area contributed by atoms with Gasteiger partial charge in [-0.25, -0.2) is 9.59 Å². The van der Waals surface area contributed by atoms with Gasteiger partial charge in [0.25, 0.3) is 0 Å². The van der Waals surface area contributed by atoms with E-state index < -0.39 is 18.0 Å². The summed E-state index contributed by atoms with van der Waals surface area (Å²) in [6.07, 6.45) is 0.0162. The van der Waals surface area contributed by atoms with Gasteiger partial charge in [-0.2, -0.15) is 0 Å². The van der Waals surface area contributed by atoms with E-state index in [1.165, 1.54) is 4.90 Å². The summed E-state index contributed by atoms with van der Waals surface area (Å²) in [6, 6.07) is -1.44. The molecule has 0 aromatic heterocycles. The summed E-state index contributed by atoms with van der Waals surface area (Å²) in [6.45, 7) is 4.40. The number of nitrogens with zero attached hydrogens (tertiary/aromatic N) is 1. The molecule has 0 saturated carbocycles. The zero-order valence-electron chi connectivity index (χ0n) is 9.06. The largest absolute Gasteiger partial charge is 0.480 e. The zero-order valence-corrected chi connectivity index (χ0v) is 9.06. The lowest BCUT2D eigenvalue weighted by atomic mass is 10.2. The third-order valence-corrected chi connectivity index (χ3v) is 2.06. The molecule has 0 aliphatic heterocycles. The number of amides is 2. The number of aliphatic carboxylic acids is 1. The predicted molar refractivity (Wildman–Crippen MR) is 54.6 cm³/mol. The average Bonchev–Trinajstić information content (AvgIpc) is 2.18. The van der Waals surface area contributed by atoms with Gasteiger partial charge >= 0.3 is 12.0 Å². The maximum absolute atomic E-state index is 11.5. The van der Waals surface area contributed by atoms with Crippen LogP contribution >= 0.6 is 0 Å². The molecule has 0 aliphatic carbocycles. The number of hydrogen-bond acceptors (Lipinski definition) is 3. The molecular weight excluding hydrogens is 200 g/mol.